The predicted octanol–water partition coefficient (Wildman–Crippen LogP) is 2.59. The molecule has 0 aliphatic carbocycles. The van der Waals surface area contributed by atoms with Crippen molar-refractivity contribution in [2.75, 3.05) is 13.1 Å². The first kappa shape index (κ1) is 13.0. The van der Waals surface area contributed by atoms with E-state index in [9.17, 15) is 4.79 Å². The Hall–Kier alpha value is -2.69. The normalized spacial score (nSPS) is 18.0. The number of nitrogens with one attached hydrogen (secondary N) is 1. The number of aromatic nitrogens is 3. The van der Waals surface area contributed by atoms with Crippen molar-refractivity contribution in [3.8, 4) is 0 Å². The van der Waals surface area contributed by atoms with Crippen molar-refractivity contribution < 1.29 is 4.79 Å². The Labute approximate surface area is 128 Å². The van der Waals surface area contributed by atoms with Crippen LogP contribution in [-0.2, 0) is 0 Å². The van der Waals surface area contributed by atoms with Gasteiger partial charge in [-0.2, -0.15) is 5.10 Å². The lowest BCUT2D eigenvalue weighted by Crippen LogP contribution is -2.28. The van der Waals surface area contributed by atoms with Gasteiger partial charge in [0.15, 0.2) is 0 Å². The molecule has 110 valence electrons. The zero-order valence-electron chi connectivity index (χ0n) is 12.1. The number of hydrogen-bond donors (Lipinski definition) is 1. The van der Waals surface area contributed by atoms with Gasteiger partial charge in [-0.05, 0) is 30.7 Å². The summed E-state index contributed by atoms with van der Waals surface area (Å²) in [7, 11) is 0. The van der Waals surface area contributed by atoms with Crippen LogP contribution in [0.2, 0.25) is 0 Å². The molecule has 5 nitrogen and oxygen atoms in total. The summed E-state index contributed by atoms with van der Waals surface area (Å²) in [5.74, 6) is 0.431. The number of aromatic amines is 1. The summed E-state index contributed by atoms with van der Waals surface area (Å²) in [5, 5.41) is 7.93. The Morgan fingerprint density at radius 1 is 1.18 bits per heavy atom. The van der Waals surface area contributed by atoms with Crippen molar-refractivity contribution >= 4 is 16.8 Å². The van der Waals surface area contributed by atoms with Crippen LogP contribution in [0.25, 0.3) is 10.9 Å². The largest absolute Gasteiger partial charge is 0.338 e. The molecule has 1 atom stereocenters. The molecule has 0 unspecified atom stereocenters. The summed E-state index contributed by atoms with van der Waals surface area (Å²) in [6.45, 7) is 1.51. The first-order chi connectivity index (χ1) is 10.8. The van der Waals surface area contributed by atoms with Crippen LogP contribution in [0.5, 0.6) is 0 Å². The number of carbonyl (C=O) groups excluding carboxylic acids is 1. The van der Waals surface area contributed by atoms with Crippen LogP contribution >= 0.6 is 0 Å². The van der Waals surface area contributed by atoms with E-state index in [0.29, 0.717) is 5.92 Å². The van der Waals surface area contributed by atoms with E-state index in [1.54, 1.807) is 12.4 Å². The fraction of sp³-hybridized carbons (Fsp3) is 0.235. The first-order valence-corrected chi connectivity index (χ1v) is 7.45. The standard InChI is InChI=1S/C17H16N4O/c22-17(14-3-1-5-16-13(14)4-2-8-18-16)21-10-7-12(11-21)15-6-9-19-20-15/h1-6,8-9,12H,7,10-11H2,(H,19,20)/t12-/m1/s1. The number of benzene rings is 1. The minimum atomic E-state index is 0.0839. The maximum absolute atomic E-state index is 12.8. The Bertz CT molecular complexity index is 807. The highest BCUT2D eigenvalue weighted by Crippen LogP contribution is 2.28. The van der Waals surface area contributed by atoms with Gasteiger partial charge < -0.3 is 4.90 Å². The number of H-pyrrole nitrogens is 1. The lowest BCUT2D eigenvalue weighted by Gasteiger charge is -2.17. The summed E-state index contributed by atoms with van der Waals surface area (Å²) < 4.78 is 0. The Kier molecular flexibility index (Phi) is 3.11. The second kappa shape index (κ2) is 5.26. The van der Waals surface area contributed by atoms with E-state index in [0.717, 1.165) is 41.7 Å². The molecule has 1 aliphatic rings. The van der Waals surface area contributed by atoms with Crippen LogP contribution in [0.3, 0.4) is 0 Å². The first-order valence-electron chi connectivity index (χ1n) is 7.45. The molecule has 1 N–H and O–H groups in total. The smallest absolute Gasteiger partial charge is 0.254 e. The number of nitrogens with zero attached hydrogens (tertiary/aromatic N) is 3. The highest BCUT2D eigenvalue weighted by molar-refractivity contribution is 6.06. The number of pyridine rings is 1. The maximum Gasteiger partial charge on any atom is 0.254 e. The van der Waals surface area contributed by atoms with Gasteiger partial charge in [0.25, 0.3) is 5.91 Å². The molecule has 4 rings (SSSR count). The average Bonchev–Trinajstić information content (AvgIpc) is 3.24. The molecule has 0 radical (unpaired) electrons. The SMILES string of the molecule is O=C(c1cccc2ncccc12)N1CC[C@@H](c2ccn[nH]2)C1. The molecule has 1 amide bonds. The quantitative estimate of drug-likeness (QED) is 0.789. The van der Waals surface area contributed by atoms with Gasteiger partial charge in [-0.15, -0.1) is 0 Å². The van der Waals surface area contributed by atoms with Crippen molar-refractivity contribution in [2.45, 2.75) is 12.3 Å². The maximum atomic E-state index is 12.8. The van der Waals surface area contributed by atoms with E-state index in [4.69, 9.17) is 0 Å². The molecule has 0 saturated carbocycles. The fourth-order valence-electron chi connectivity index (χ4n) is 3.15. The lowest BCUT2D eigenvalue weighted by molar-refractivity contribution is 0.0792. The van der Waals surface area contributed by atoms with Gasteiger partial charge in [0, 0.05) is 48.0 Å². The minimum Gasteiger partial charge on any atom is -0.338 e. The van der Waals surface area contributed by atoms with Gasteiger partial charge >= 0.3 is 0 Å². The van der Waals surface area contributed by atoms with Crippen LogP contribution in [-0.4, -0.2) is 39.1 Å². The van der Waals surface area contributed by atoms with E-state index in [1.807, 2.05) is 41.3 Å². The van der Waals surface area contributed by atoms with Gasteiger partial charge in [-0.1, -0.05) is 12.1 Å². The van der Waals surface area contributed by atoms with E-state index in [2.05, 4.69) is 15.2 Å². The van der Waals surface area contributed by atoms with Gasteiger partial charge in [0.2, 0.25) is 0 Å². The molecule has 2 aromatic heterocycles. The summed E-state index contributed by atoms with van der Waals surface area (Å²) in [4.78, 5) is 19.1. The van der Waals surface area contributed by atoms with E-state index in [1.165, 1.54) is 0 Å². The molecule has 1 aromatic carbocycles. The Morgan fingerprint density at radius 2 is 2.14 bits per heavy atom. The second-order valence-corrected chi connectivity index (χ2v) is 5.62. The molecule has 1 fully saturated rings. The lowest BCUT2D eigenvalue weighted by atomic mass is 10.1. The minimum absolute atomic E-state index is 0.0839. The Balaban J connectivity index is 1.62. The predicted molar refractivity (Wildman–Crippen MR) is 83.6 cm³/mol. The molecule has 0 bridgehead atoms. The number of carbonyl (C=O) groups is 1. The summed E-state index contributed by atoms with van der Waals surface area (Å²) in [6, 6.07) is 11.5. The number of likely N-dealkylation sites (tertiary alicyclic amines) is 1. The van der Waals surface area contributed by atoms with Crippen LogP contribution in [0, 0.1) is 0 Å². The van der Waals surface area contributed by atoms with E-state index < -0.39 is 0 Å². The fourth-order valence-corrected chi connectivity index (χ4v) is 3.15. The average molecular weight is 292 g/mol. The van der Waals surface area contributed by atoms with Crippen molar-refractivity contribution in [3.63, 3.8) is 0 Å². The van der Waals surface area contributed by atoms with Gasteiger partial charge in [0.05, 0.1) is 5.52 Å². The van der Waals surface area contributed by atoms with Crippen LogP contribution in [0.4, 0.5) is 0 Å². The molecule has 3 aromatic rings. The van der Waals surface area contributed by atoms with E-state index in [-0.39, 0.29) is 5.91 Å². The van der Waals surface area contributed by atoms with Crippen molar-refractivity contribution in [2.24, 2.45) is 0 Å². The van der Waals surface area contributed by atoms with Gasteiger partial charge in [-0.3, -0.25) is 14.9 Å². The molecule has 1 aliphatic heterocycles. The number of hydrogen-bond acceptors (Lipinski definition) is 3. The molecule has 22 heavy (non-hydrogen) atoms. The zero-order chi connectivity index (χ0) is 14.9. The highest BCUT2D eigenvalue weighted by Gasteiger charge is 2.29. The number of amides is 1. The van der Waals surface area contributed by atoms with Crippen molar-refractivity contribution in [1.29, 1.82) is 0 Å². The number of fused-ring (bicyclic) bond motifs is 1. The second-order valence-electron chi connectivity index (χ2n) is 5.62. The molecule has 5 heteroatoms. The third-order valence-corrected chi connectivity index (χ3v) is 4.31. The highest BCUT2D eigenvalue weighted by atomic mass is 16.2. The summed E-state index contributed by atoms with van der Waals surface area (Å²) >= 11 is 0. The Morgan fingerprint density at radius 3 is 3.00 bits per heavy atom. The topological polar surface area (TPSA) is 61.9 Å². The summed E-state index contributed by atoms with van der Waals surface area (Å²) in [5.41, 5.74) is 2.70. The molecular formula is C17H16N4O. The van der Waals surface area contributed by atoms with Gasteiger partial charge in [0.1, 0.15) is 0 Å². The molecule has 1 saturated heterocycles. The zero-order valence-corrected chi connectivity index (χ0v) is 12.1. The summed E-state index contributed by atoms with van der Waals surface area (Å²) in [6.07, 6.45) is 4.48. The molecular weight excluding hydrogens is 276 g/mol. The monoisotopic (exact) mass is 292 g/mol. The van der Waals surface area contributed by atoms with E-state index >= 15 is 0 Å². The number of rotatable bonds is 2. The van der Waals surface area contributed by atoms with Gasteiger partial charge in [-0.25, -0.2) is 0 Å². The molecule has 0 spiro atoms. The van der Waals surface area contributed by atoms with Crippen LogP contribution in [0.1, 0.15) is 28.4 Å². The molecule has 3 heterocycles. The van der Waals surface area contributed by atoms with Crippen molar-refractivity contribution in [3.05, 3.63) is 60.0 Å². The third kappa shape index (κ3) is 2.15. The van der Waals surface area contributed by atoms with Crippen molar-refractivity contribution in [1.82, 2.24) is 20.1 Å². The van der Waals surface area contributed by atoms with Crippen LogP contribution in [0.15, 0.2) is 48.8 Å². The van der Waals surface area contributed by atoms with Crippen LogP contribution < -0.4 is 0 Å². The third-order valence-electron chi connectivity index (χ3n) is 4.31.